The van der Waals surface area contributed by atoms with Crippen LogP contribution in [-0.4, -0.2) is 41.2 Å². The molecule has 1 N–H and O–H groups in total. The Balaban J connectivity index is 1.95. The lowest BCUT2D eigenvalue weighted by Crippen LogP contribution is -2.41. The highest BCUT2D eigenvalue weighted by atomic mass is 19.3. The molecule has 3 aliphatic rings. The fraction of sp³-hybridized carbons (Fsp3) is 1.00. The topological polar surface area (TPSA) is 23.5 Å². The molecule has 0 aromatic rings. The molecule has 1 aliphatic carbocycles. The number of hydrogen-bond acceptors (Lipinski definition) is 2. The van der Waals surface area contributed by atoms with Gasteiger partial charge >= 0.3 is 0 Å². The van der Waals surface area contributed by atoms with Crippen molar-refractivity contribution in [3.63, 3.8) is 0 Å². The first-order chi connectivity index (χ1) is 7.33. The van der Waals surface area contributed by atoms with Gasteiger partial charge in [-0.1, -0.05) is 0 Å². The third-order valence-electron chi connectivity index (χ3n) is 4.06. The van der Waals surface area contributed by atoms with Gasteiger partial charge in [-0.15, -0.1) is 0 Å². The SMILES string of the molecule is [2H]C1([2H])C(F)(F)[C@@]12CN1CCCC1(CO)C2. The summed E-state index contributed by atoms with van der Waals surface area (Å²) in [6.07, 6.45) is -0.689. The molecule has 1 unspecified atom stereocenters. The maximum Gasteiger partial charge on any atom is 0.255 e. The molecule has 3 rings (SSSR count). The smallest absolute Gasteiger partial charge is 0.255 e. The lowest BCUT2D eigenvalue weighted by atomic mass is 9.89. The number of aliphatic hydroxyl groups excluding tert-OH is 1. The van der Waals surface area contributed by atoms with Gasteiger partial charge < -0.3 is 5.11 Å². The van der Waals surface area contributed by atoms with E-state index in [4.69, 9.17) is 2.74 Å². The first-order valence-corrected chi connectivity index (χ1v) is 5.07. The van der Waals surface area contributed by atoms with Gasteiger partial charge in [-0.05, 0) is 25.8 Å². The van der Waals surface area contributed by atoms with Crippen molar-refractivity contribution in [3.05, 3.63) is 0 Å². The van der Waals surface area contributed by atoms with Crippen LogP contribution >= 0.6 is 0 Å². The second-order valence-corrected chi connectivity index (χ2v) is 4.87. The van der Waals surface area contributed by atoms with Gasteiger partial charge in [0.15, 0.2) is 0 Å². The summed E-state index contributed by atoms with van der Waals surface area (Å²) in [6.45, 7) is 0.656. The summed E-state index contributed by atoms with van der Waals surface area (Å²) in [5, 5.41) is 9.42. The molecule has 0 bridgehead atoms. The molecule has 80 valence electrons. The van der Waals surface area contributed by atoms with Gasteiger partial charge in [-0.2, -0.15) is 0 Å². The molecule has 2 saturated heterocycles. The minimum Gasteiger partial charge on any atom is -0.394 e. The van der Waals surface area contributed by atoms with E-state index in [1.165, 1.54) is 0 Å². The molecule has 2 heterocycles. The monoisotopic (exact) mass is 205 g/mol. The van der Waals surface area contributed by atoms with E-state index >= 15 is 0 Å². The van der Waals surface area contributed by atoms with Crippen molar-refractivity contribution in [2.45, 2.75) is 37.1 Å². The Morgan fingerprint density at radius 1 is 1.50 bits per heavy atom. The van der Waals surface area contributed by atoms with Gasteiger partial charge in [0.05, 0.1) is 12.0 Å². The quantitative estimate of drug-likeness (QED) is 0.696. The second-order valence-electron chi connectivity index (χ2n) is 4.87. The first kappa shape index (κ1) is 7.12. The molecule has 1 spiro atoms. The Morgan fingerprint density at radius 2 is 2.21 bits per heavy atom. The molecule has 2 nitrogen and oxygen atoms in total. The maximum atomic E-state index is 13.6. The van der Waals surface area contributed by atoms with Crippen LogP contribution in [0.25, 0.3) is 0 Å². The lowest BCUT2D eigenvalue weighted by molar-refractivity contribution is 0.0644. The van der Waals surface area contributed by atoms with Crippen molar-refractivity contribution < 1.29 is 16.6 Å². The van der Waals surface area contributed by atoms with E-state index in [2.05, 4.69) is 0 Å². The van der Waals surface area contributed by atoms with E-state index in [0.29, 0.717) is 13.0 Å². The average molecular weight is 205 g/mol. The van der Waals surface area contributed by atoms with E-state index in [-0.39, 0.29) is 19.6 Å². The summed E-state index contributed by atoms with van der Waals surface area (Å²) in [5.41, 5.74) is -2.11. The summed E-state index contributed by atoms with van der Waals surface area (Å²) in [6, 6.07) is 0. The summed E-state index contributed by atoms with van der Waals surface area (Å²) in [5.74, 6) is -3.23. The molecule has 0 aromatic heterocycles. The average Bonchev–Trinajstić information content (AvgIpc) is 2.63. The Morgan fingerprint density at radius 3 is 2.71 bits per heavy atom. The van der Waals surface area contributed by atoms with E-state index in [9.17, 15) is 13.9 Å². The predicted octanol–water partition coefficient (Wildman–Crippen LogP) is 1.24. The third kappa shape index (κ3) is 0.865. The van der Waals surface area contributed by atoms with Gasteiger partial charge in [0.25, 0.3) is 5.92 Å². The Kier molecular flexibility index (Phi) is 1.17. The molecule has 4 heteroatoms. The van der Waals surface area contributed by atoms with Crippen LogP contribution < -0.4 is 0 Å². The van der Waals surface area contributed by atoms with Crippen molar-refractivity contribution in [1.82, 2.24) is 4.90 Å². The van der Waals surface area contributed by atoms with Crippen LogP contribution in [0.3, 0.4) is 0 Å². The van der Waals surface area contributed by atoms with Crippen LogP contribution in [0.4, 0.5) is 8.78 Å². The minimum atomic E-state index is -3.23. The van der Waals surface area contributed by atoms with Crippen LogP contribution in [0.1, 0.15) is 28.4 Å². The molecule has 2 aliphatic heterocycles. The van der Waals surface area contributed by atoms with Crippen LogP contribution in [-0.2, 0) is 0 Å². The zero-order chi connectivity index (χ0) is 11.8. The van der Waals surface area contributed by atoms with Gasteiger partial charge in [0.1, 0.15) is 0 Å². The van der Waals surface area contributed by atoms with Crippen molar-refractivity contribution in [1.29, 1.82) is 0 Å². The lowest BCUT2D eigenvalue weighted by Gasteiger charge is -2.29. The highest BCUT2D eigenvalue weighted by molar-refractivity contribution is 5.21. The Labute approximate surface area is 84.7 Å². The number of rotatable bonds is 1. The third-order valence-corrected chi connectivity index (χ3v) is 4.06. The first-order valence-electron chi connectivity index (χ1n) is 6.07. The fourth-order valence-electron chi connectivity index (χ4n) is 3.18. The summed E-state index contributed by atoms with van der Waals surface area (Å²) < 4.78 is 42.1. The number of fused-ring (bicyclic) bond motifs is 1. The van der Waals surface area contributed by atoms with Crippen molar-refractivity contribution >= 4 is 0 Å². The molecule has 0 amide bonds. The second kappa shape index (κ2) is 2.30. The zero-order valence-electron chi connectivity index (χ0n) is 9.89. The normalized spacial score (nSPS) is 55.6. The molecular formula is C10H15F2NO. The van der Waals surface area contributed by atoms with E-state index in [1.54, 1.807) is 0 Å². The molecule has 2 atom stereocenters. The van der Waals surface area contributed by atoms with Crippen LogP contribution in [0.5, 0.6) is 0 Å². The zero-order valence-corrected chi connectivity index (χ0v) is 7.89. The molecule has 14 heavy (non-hydrogen) atoms. The summed E-state index contributed by atoms with van der Waals surface area (Å²) in [4.78, 5) is 1.87. The van der Waals surface area contributed by atoms with Crippen LogP contribution in [0.2, 0.25) is 0 Å². The Hall–Kier alpha value is -0.220. The minimum absolute atomic E-state index is 0.0908. The van der Waals surface area contributed by atoms with Crippen molar-refractivity contribution in [3.8, 4) is 0 Å². The summed E-state index contributed by atoms with van der Waals surface area (Å²) in [7, 11) is 0. The van der Waals surface area contributed by atoms with Crippen molar-refractivity contribution in [2.24, 2.45) is 5.41 Å². The number of hydrogen-bond donors (Lipinski definition) is 1. The summed E-state index contributed by atoms with van der Waals surface area (Å²) >= 11 is 0. The van der Waals surface area contributed by atoms with Crippen LogP contribution in [0.15, 0.2) is 0 Å². The number of aliphatic hydroxyl groups is 1. The molecule has 0 aromatic carbocycles. The van der Waals surface area contributed by atoms with E-state index in [1.807, 2.05) is 4.90 Å². The number of alkyl halides is 2. The van der Waals surface area contributed by atoms with Gasteiger partial charge in [-0.25, -0.2) is 8.78 Å². The highest BCUT2D eigenvalue weighted by Crippen LogP contribution is 2.69. The van der Waals surface area contributed by atoms with E-state index in [0.717, 1.165) is 6.42 Å². The fourth-order valence-corrected chi connectivity index (χ4v) is 3.18. The molecule has 0 radical (unpaired) electrons. The van der Waals surface area contributed by atoms with Gasteiger partial charge in [0.2, 0.25) is 0 Å². The predicted molar refractivity (Wildman–Crippen MR) is 47.2 cm³/mol. The Bertz CT molecular complexity index is 336. The number of halogens is 2. The van der Waals surface area contributed by atoms with Crippen LogP contribution in [0, 0.1) is 5.41 Å². The standard InChI is InChI=1S/C10H15F2NO/c11-10(12)5-8(10)4-9(7-14)2-1-3-13(9)6-8/h14H,1-7H2/t8-,9?/m1/s1/i5D2. The number of nitrogens with zero attached hydrogens (tertiary/aromatic N) is 1. The maximum absolute atomic E-state index is 13.6. The van der Waals surface area contributed by atoms with Gasteiger partial charge in [0, 0.05) is 21.2 Å². The van der Waals surface area contributed by atoms with Crippen molar-refractivity contribution in [2.75, 3.05) is 19.7 Å². The van der Waals surface area contributed by atoms with E-state index < -0.39 is 23.2 Å². The molecule has 1 saturated carbocycles. The largest absolute Gasteiger partial charge is 0.394 e. The highest BCUT2D eigenvalue weighted by Gasteiger charge is 2.76. The molecular weight excluding hydrogens is 188 g/mol. The molecule has 3 fully saturated rings. The van der Waals surface area contributed by atoms with Gasteiger partial charge in [-0.3, -0.25) is 4.90 Å².